The number of anilines is 1. The van der Waals surface area contributed by atoms with Crippen molar-refractivity contribution in [3.05, 3.63) is 41.9 Å². The van der Waals surface area contributed by atoms with E-state index < -0.39 is 17.7 Å². The number of aryl methyl sites for hydroxylation is 1. The third-order valence-corrected chi connectivity index (χ3v) is 5.05. The van der Waals surface area contributed by atoms with Crippen molar-refractivity contribution in [2.75, 3.05) is 11.9 Å². The molecule has 30 heavy (non-hydrogen) atoms. The molecule has 3 aromatic heterocycles. The number of alkyl halides is 1. The van der Waals surface area contributed by atoms with E-state index in [9.17, 15) is 14.3 Å². The molecule has 4 rings (SSSR count). The zero-order valence-electron chi connectivity index (χ0n) is 17.2. The molecule has 0 spiro atoms. The highest BCUT2D eigenvalue weighted by Crippen LogP contribution is 2.29. The summed E-state index contributed by atoms with van der Waals surface area (Å²) in [6.45, 7) is 4.39. The summed E-state index contributed by atoms with van der Waals surface area (Å²) in [7, 11) is 0. The fourth-order valence-corrected chi connectivity index (χ4v) is 3.01. The van der Waals surface area contributed by atoms with Crippen molar-refractivity contribution < 1.29 is 14.3 Å². The van der Waals surface area contributed by atoms with Gasteiger partial charge in [-0.1, -0.05) is 0 Å². The first-order valence-electron chi connectivity index (χ1n) is 9.94. The van der Waals surface area contributed by atoms with Crippen LogP contribution < -0.4 is 10.6 Å². The lowest BCUT2D eigenvalue weighted by Crippen LogP contribution is -2.42. The lowest BCUT2D eigenvalue weighted by Gasteiger charge is -2.22. The van der Waals surface area contributed by atoms with Gasteiger partial charge in [0, 0.05) is 12.2 Å². The fourth-order valence-electron chi connectivity index (χ4n) is 3.01. The number of imidazole rings is 1. The maximum Gasteiger partial charge on any atom is 0.255 e. The molecule has 9 heteroatoms. The SMILES string of the molecule is Cc1cnn2c(-c3cc(NC4CC4)c(C(=O)NC[C@@H](F)C(C)(C)O)cn3)cnc2c1. The highest BCUT2D eigenvalue weighted by atomic mass is 19.1. The second-order valence-electron chi connectivity index (χ2n) is 8.31. The van der Waals surface area contributed by atoms with Crippen molar-refractivity contribution in [1.82, 2.24) is 24.9 Å². The molecule has 1 atom stereocenters. The van der Waals surface area contributed by atoms with E-state index in [4.69, 9.17) is 0 Å². The Kier molecular flexibility index (Phi) is 5.15. The minimum atomic E-state index is -1.58. The van der Waals surface area contributed by atoms with Crippen LogP contribution in [0.3, 0.4) is 0 Å². The van der Waals surface area contributed by atoms with Gasteiger partial charge in [0.05, 0.1) is 41.5 Å². The average Bonchev–Trinajstić information content (AvgIpc) is 3.41. The Bertz CT molecular complexity index is 1090. The van der Waals surface area contributed by atoms with Crippen molar-refractivity contribution >= 4 is 17.2 Å². The number of hydrogen-bond acceptors (Lipinski definition) is 6. The van der Waals surface area contributed by atoms with Crippen molar-refractivity contribution in [1.29, 1.82) is 0 Å². The van der Waals surface area contributed by atoms with Crippen molar-refractivity contribution in [3.8, 4) is 11.4 Å². The zero-order chi connectivity index (χ0) is 21.5. The molecule has 0 aliphatic heterocycles. The predicted octanol–water partition coefficient (Wildman–Crippen LogP) is 2.51. The number of halogens is 1. The van der Waals surface area contributed by atoms with Crippen LogP contribution in [0.4, 0.5) is 10.1 Å². The number of carbonyl (C=O) groups is 1. The first-order chi connectivity index (χ1) is 14.2. The molecule has 0 radical (unpaired) electrons. The van der Waals surface area contributed by atoms with Gasteiger partial charge < -0.3 is 15.7 Å². The number of hydrogen-bond donors (Lipinski definition) is 3. The predicted molar refractivity (Wildman–Crippen MR) is 111 cm³/mol. The summed E-state index contributed by atoms with van der Waals surface area (Å²) in [6, 6.07) is 4.03. The summed E-state index contributed by atoms with van der Waals surface area (Å²) >= 11 is 0. The van der Waals surface area contributed by atoms with Gasteiger partial charge in [-0.15, -0.1) is 0 Å². The van der Waals surface area contributed by atoms with Gasteiger partial charge in [0.15, 0.2) is 5.65 Å². The summed E-state index contributed by atoms with van der Waals surface area (Å²) < 4.78 is 15.7. The molecule has 1 aliphatic carbocycles. The molecule has 3 heterocycles. The van der Waals surface area contributed by atoms with Gasteiger partial charge in [-0.05, 0) is 51.3 Å². The molecule has 1 fully saturated rings. The summed E-state index contributed by atoms with van der Waals surface area (Å²) in [5.41, 5.74) is 2.48. The average molecular weight is 412 g/mol. The summed E-state index contributed by atoms with van der Waals surface area (Å²) in [5.74, 6) is -0.448. The number of pyridine rings is 1. The standard InChI is InChI=1S/C21H25FN6O2/c1-12-6-19-24-10-17(28(19)26-8-12)16-7-15(27-13-4-5-13)14(9-23-16)20(29)25-11-18(22)21(2,3)30/h6-10,13,18,30H,4-5,11H2,1-3H3,(H,23,27)(H,25,29)/t18-/m1/s1. The minimum Gasteiger partial charge on any atom is -0.387 e. The van der Waals surface area contributed by atoms with Crippen LogP contribution in [0.15, 0.2) is 30.7 Å². The Hall–Kier alpha value is -3.07. The molecular weight excluding hydrogens is 387 g/mol. The number of carbonyl (C=O) groups excluding carboxylic acids is 1. The molecule has 3 aromatic rings. The van der Waals surface area contributed by atoms with Crippen LogP contribution >= 0.6 is 0 Å². The molecule has 1 amide bonds. The quantitative estimate of drug-likeness (QED) is 0.551. The Morgan fingerprint density at radius 2 is 2.07 bits per heavy atom. The number of nitrogens with one attached hydrogen (secondary N) is 2. The van der Waals surface area contributed by atoms with Gasteiger partial charge >= 0.3 is 0 Å². The first kappa shape index (κ1) is 20.2. The highest BCUT2D eigenvalue weighted by molar-refractivity contribution is 6.00. The van der Waals surface area contributed by atoms with Crippen LogP contribution in [0.25, 0.3) is 17.0 Å². The molecule has 0 aromatic carbocycles. The third-order valence-electron chi connectivity index (χ3n) is 5.05. The molecule has 1 saturated carbocycles. The summed E-state index contributed by atoms with van der Waals surface area (Å²) in [5, 5.41) is 20.0. The summed E-state index contributed by atoms with van der Waals surface area (Å²) in [4.78, 5) is 21.5. The van der Waals surface area contributed by atoms with Crippen molar-refractivity contribution in [2.45, 2.75) is 51.4 Å². The topological polar surface area (TPSA) is 104 Å². The van der Waals surface area contributed by atoms with Gasteiger partial charge in [-0.2, -0.15) is 5.10 Å². The third kappa shape index (κ3) is 4.25. The van der Waals surface area contributed by atoms with E-state index in [1.807, 2.05) is 13.0 Å². The fraction of sp³-hybridized carbons (Fsp3) is 0.429. The molecule has 0 unspecified atom stereocenters. The maximum absolute atomic E-state index is 14.0. The Labute approximate surface area is 173 Å². The number of aromatic nitrogens is 4. The molecule has 8 nitrogen and oxygen atoms in total. The molecule has 158 valence electrons. The van der Waals surface area contributed by atoms with Gasteiger partial charge in [0.1, 0.15) is 11.9 Å². The number of fused-ring (bicyclic) bond motifs is 1. The van der Waals surface area contributed by atoms with Crippen LogP contribution in [0.1, 0.15) is 42.6 Å². The number of aliphatic hydroxyl groups is 1. The van der Waals surface area contributed by atoms with Gasteiger partial charge in [0.2, 0.25) is 0 Å². The van der Waals surface area contributed by atoms with E-state index in [2.05, 4.69) is 25.7 Å². The van der Waals surface area contributed by atoms with E-state index in [1.54, 1.807) is 23.0 Å². The van der Waals surface area contributed by atoms with E-state index in [1.165, 1.54) is 20.0 Å². The minimum absolute atomic E-state index is 0.288. The lowest BCUT2D eigenvalue weighted by atomic mass is 10.0. The van der Waals surface area contributed by atoms with Crippen LogP contribution in [0.5, 0.6) is 0 Å². The Balaban J connectivity index is 1.62. The molecular formula is C21H25FN6O2. The monoisotopic (exact) mass is 412 g/mol. The normalized spacial score (nSPS) is 15.2. The Morgan fingerprint density at radius 1 is 1.30 bits per heavy atom. The molecule has 3 N–H and O–H groups in total. The molecule has 1 aliphatic rings. The maximum atomic E-state index is 14.0. The van der Waals surface area contributed by atoms with Crippen LogP contribution in [-0.4, -0.2) is 55.0 Å². The van der Waals surface area contributed by atoms with Crippen molar-refractivity contribution in [3.63, 3.8) is 0 Å². The largest absolute Gasteiger partial charge is 0.387 e. The smallest absolute Gasteiger partial charge is 0.255 e. The molecule has 0 saturated heterocycles. The lowest BCUT2D eigenvalue weighted by molar-refractivity contribution is -0.00177. The second-order valence-corrected chi connectivity index (χ2v) is 8.31. The zero-order valence-corrected chi connectivity index (χ0v) is 17.2. The number of amides is 1. The van der Waals surface area contributed by atoms with Crippen LogP contribution in [-0.2, 0) is 0 Å². The number of rotatable bonds is 7. The van der Waals surface area contributed by atoms with Gasteiger partial charge in [-0.3, -0.25) is 9.78 Å². The van der Waals surface area contributed by atoms with E-state index in [0.29, 0.717) is 34.3 Å². The van der Waals surface area contributed by atoms with E-state index in [0.717, 1.165) is 18.4 Å². The number of nitrogens with zero attached hydrogens (tertiary/aromatic N) is 4. The highest BCUT2D eigenvalue weighted by Gasteiger charge is 2.28. The molecule has 0 bridgehead atoms. The van der Waals surface area contributed by atoms with E-state index in [-0.39, 0.29) is 6.54 Å². The van der Waals surface area contributed by atoms with Crippen molar-refractivity contribution in [2.24, 2.45) is 0 Å². The van der Waals surface area contributed by atoms with Crippen LogP contribution in [0, 0.1) is 6.92 Å². The first-order valence-corrected chi connectivity index (χ1v) is 9.94. The summed E-state index contributed by atoms with van der Waals surface area (Å²) in [6.07, 6.45) is 5.39. The van der Waals surface area contributed by atoms with E-state index >= 15 is 0 Å². The Morgan fingerprint density at radius 3 is 2.77 bits per heavy atom. The van der Waals surface area contributed by atoms with Crippen LogP contribution in [0.2, 0.25) is 0 Å². The van der Waals surface area contributed by atoms with Gasteiger partial charge in [0.25, 0.3) is 5.91 Å². The van der Waals surface area contributed by atoms with Gasteiger partial charge in [-0.25, -0.2) is 13.9 Å². The second kappa shape index (κ2) is 7.64.